The molecule has 9 heteroatoms. The topological polar surface area (TPSA) is 59.9 Å². The summed E-state index contributed by atoms with van der Waals surface area (Å²) in [6.07, 6.45) is 3.60. The van der Waals surface area contributed by atoms with Crippen molar-refractivity contribution in [2.24, 2.45) is 4.99 Å². The number of hydrogen-bond donors (Lipinski definition) is 1. The summed E-state index contributed by atoms with van der Waals surface area (Å²) < 4.78 is 0. The first-order valence-electron chi connectivity index (χ1n) is 10.1. The summed E-state index contributed by atoms with van der Waals surface area (Å²) in [6, 6.07) is 9.81. The van der Waals surface area contributed by atoms with E-state index in [4.69, 9.17) is 16.6 Å². The second kappa shape index (κ2) is 12.9. The lowest BCUT2D eigenvalue weighted by molar-refractivity contribution is 0.263. The second-order valence-corrected chi connectivity index (χ2v) is 7.53. The Labute approximate surface area is 201 Å². The molecule has 164 valence electrons. The molecule has 0 amide bonds. The predicted octanol–water partition coefficient (Wildman–Crippen LogP) is 2.97. The highest BCUT2D eigenvalue weighted by atomic mass is 127. The Balaban J connectivity index is 0.00000320. The highest BCUT2D eigenvalue weighted by Crippen LogP contribution is 2.11. The Morgan fingerprint density at radius 2 is 1.80 bits per heavy atom. The van der Waals surface area contributed by atoms with E-state index in [-0.39, 0.29) is 24.0 Å². The first kappa shape index (κ1) is 24.6. The van der Waals surface area contributed by atoms with Gasteiger partial charge in [-0.05, 0) is 30.7 Å². The molecule has 1 N–H and O–H groups in total. The number of nitrogens with zero attached hydrogens (tertiary/aromatic N) is 6. The lowest BCUT2D eigenvalue weighted by Gasteiger charge is -2.34. The molecule has 1 aliphatic rings. The van der Waals surface area contributed by atoms with Crippen LogP contribution < -0.4 is 10.2 Å². The van der Waals surface area contributed by atoms with Crippen LogP contribution in [0.1, 0.15) is 12.5 Å². The third-order valence-corrected chi connectivity index (χ3v) is 5.17. The van der Waals surface area contributed by atoms with Gasteiger partial charge in [-0.25, -0.2) is 9.97 Å². The number of piperazine rings is 1. The number of guanidine groups is 1. The summed E-state index contributed by atoms with van der Waals surface area (Å²) >= 11 is 5.98. The van der Waals surface area contributed by atoms with Gasteiger partial charge in [0.1, 0.15) is 0 Å². The van der Waals surface area contributed by atoms with Crippen molar-refractivity contribution in [1.82, 2.24) is 25.1 Å². The summed E-state index contributed by atoms with van der Waals surface area (Å²) in [4.78, 5) is 20.4. The molecule has 0 saturated carbocycles. The molecule has 1 aromatic carbocycles. The molecular weight excluding hydrogens is 513 g/mol. The van der Waals surface area contributed by atoms with Gasteiger partial charge in [-0.3, -0.25) is 9.89 Å². The maximum absolute atomic E-state index is 5.98. The number of benzene rings is 1. The quantitative estimate of drug-likeness (QED) is 0.329. The normalized spacial score (nSPS) is 14.9. The van der Waals surface area contributed by atoms with Gasteiger partial charge in [0.05, 0.1) is 6.54 Å². The van der Waals surface area contributed by atoms with Crippen molar-refractivity contribution in [3.63, 3.8) is 0 Å². The van der Waals surface area contributed by atoms with Crippen molar-refractivity contribution < 1.29 is 0 Å². The fourth-order valence-corrected chi connectivity index (χ4v) is 3.46. The molecule has 2 heterocycles. The maximum Gasteiger partial charge on any atom is 0.225 e. The summed E-state index contributed by atoms with van der Waals surface area (Å²) in [6.45, 7) is 9.36. The van der Waals surface area contributed by atoms with Crippen LogP contribution in [0.2, 0.25) is 5.02 Å². The SMILES string of the molecule is CCNC(=NCCN1CCN(c2ncccn2)CC1)N(C)Cc1ccc(Cl)cc1.I. The van der Waals surface area contributed by atoms with E-state index in [0.29, 0.717) is 0 Å². The molecule has 1 aromatic heterocycles. The zero-order chi connectivity index (χ0) is 20.5. The van der Waals surface area contributed by atoms with E-state index in [1.54, 1.807) is 12.4 Å². The molecule has 0 bridgehead atoms. The fraction of sp³-hybridized carbons (Fsp3) is 0.476. The number of hydrogen-bond acceptors (Lipinski definition) is 5. The summed E-state index contributed by atoms with van der Waals surface area (Å²) in [7, 11) is 2.06. The third kappa shape index (κ3) is 7.55. The lowest BCUT2D eigenvalue weighted by Crippen LogP contribution is -2.47. The Kier molecular flexibility index (Phi) is 10.6. The highest BCUT2D eigenvalue weighted by molar-refractivity contribution is 14.0. The van der Waals surface area contributed by atoms with E-state index >= 15 is 0 Å². The third-order valence-electron chi connectivity index (χ3n) is 4.91. The number of aromatic nitrogens is 2. The van der Waals surface area contributed by atoms with E-state index in [0.717, 1.165) is 69.3 Å². The van der Waals surface area contributed by atoms with E-state index in [2.05, 4.69) is 56.1 Å². The van der Waals surface area contributed by atoms with Crippen LogP contribution in [0.4, 0.5) is 5.95 Å². The minimum Gasteiger partial charge on any atom is -0.357 e. The summed E-state index contributed by atoms with van der Waals surface area (Å²) in [5.74, 6) is 1.75. The zero-order valence-corrected chi connectivity index (χ0v) is 20.8. The second-order valence-electron chi connectivity index (χ2n) is 7.10. The summed E-state index contributed by atoms with van der Waals surface area (Å²) in [5.41, 5.74) is 1.21. The van der Waals surface area contributed by atoms with Gasteiger partial charge in [-0.1, -0.05) is 23.7 Å². The standard InChI is InChI=1S/C21H30ClN7.HI/c1-3-23-20(27(2)17-18-5-7-19(22)8-6-18)26-11-12-28-13-15-29(16-14-28)21-24-9-4-10-25-21;/h4-10H,3,11-17H2,1-2H3,(H,23,26);1H. The van der Waals surface area contributed by atoms with Crippen LogP contribution in [-0.2, 0) is 6.54 Å². The van der Waals surface area contributed by atoms with Crippen LogP contribution >= 0.6 is 35.6 Å². The molecule has 7 nitrogen and oxygen atoms in total. The van der Waals surface area contributed by atoms with Crippen LogP contribution in [0.5, 0.6) is 0 Å². The van der Waals surface area contributed by atoms with Crippen LogP contribution in [0.3, 0.4) is 0 Å². The number of nitrogens with one attached hydrogen (secondary N) is 1. The Morgan fingerprint density at radius 3 is 2.43 bits per heavy atom. The minimum atomic E-state index is 0. The Hall–Kier alpha value is -1.65. The minimum absolute atomic E-state index is 0. The van der Waals surface area contributed by atoms with Crippen molar-refractivity contribution in [3.05, 3.63) is 53.3 Å². The molecule has 0 aliphatic carbocycles. The molecule has 0 atom stereocenters. The molecule has 3 rings (SSSR count). The van der Waals surface area contributed by atoms with Crippen LogP contribution in [-0.4, -0.2) is 78.6 Å². The van der Waals surface area contributed by atoms with E-state index < -0.39 is 0 Å². The lowest BCUT2D eigenvalue weighted by atomic mass is 10.2. The molecular formula is C21H31ClIN7. The first-order valence-corrected chi connectivity index (χ1v) is 10.5. The van der Waals surface area contributed by atoms with E-state index in [9.17, 15) is 0 Å². The van der Waals surface area contributed by atoms with Crippen molar-refractivity contribution in [3.8, 4) is 0 Å². The largest absolute Gasteiger partial charge is 0.357 e. The molecule has 0 spiro atoms. The van der Waals surface area contributed by atoms with Gasteiger partial charge >= 0.3 is 0 Å². The maximum atomic E-state index is 5.98. The van der Waals surface area contributed by atoms with Crippen molar-refractivity contribution >= 4 is 47.5 Å². The van der Waals surface area contributed by atoms with Crippen molar-refractivity contribution in [2.75, 3.05) is 57.8 Å². The van der Waals surface area contributed by atoms with Crippen molar-refractivity contribution in [2.45, 2.75) is 13.5 Å². The van der Waals surface area contributed by atoms with Crippen LogP contribution in [0.15, 0.2) is 47.7 Å². The Bertz CT molecular complexity index is 765. The Morgan fingerprint density at radius 1 is 1.13 bits per heavy atom. The molecule has 0 radical (unpaired) electrons. The fourth-order valence-electron chi connectivity index (χ4n) is 3.33. The van der Waals surface area contributed by atoms with Crippen molar-refractivity contribution in [1.29, 1.82) is 0 Å². The van der Waals surface area contributed by atoms with E-state index in [1.807, 2.05) is 18.2 Å². The van der Waals surface area contributed by atoms with Crippen LogP contribution in [0.25, 0.3) is 0 Å². The van der Waals surface area contributed by atoms with Gasteiger partial charge in [-0.2, -0.15) is 0 Å². The monoisotopic (exact) mass is 543 g/mol. The zero-order valence-electron chi connectivity index (χ0n) is 17.7. The average Bonchev–Trinajstić information content (AvgIpc) is 2.76. The predicted molar refractivity (Wildman–Crippen MR) is 135 cm³/mol. The van der Waals surface area contributed by atoms with Gasteiger partial charge in [0.25, 0.3) is 0 Å². The average molecular weight is 544 g/mol. The van der Waals surface area contributed by atoms with Crippen LogP contribution in [0, 0.1) is 0 Å². The molecule has 1 saturated heterocycles. The van der Waals surface area contributed by atoms with Gasteiger partial charge in [0, 0.05) is 70.3 Å². The number of anilines is 1. The molecule has 1 aliphatic heterocycles. The first-order chi connectivity index (χ1) is 14.2. The van der Waals surface area contributed by atoms with Gasteiger partial charge in [0.15, 0.2) is 5.96 Å². The molecule has 1 fully saturated rings. The molecule has 30 heavy (non-hydrogen) atoms. The van der Waals surface area contributed by atoms with Gasteiger partial charge in [-0.15, -0.1) is 24.0 Å². The summed E-state index contributed by atoms with van der Waals surface area (Å²) in [5, 5.41) is 4.15. The van der Waals surface area contributed by atoms with Gasteiger partial charge in [0.2, 0.25) is 5.95 Å². The smallest absolute Gasteiger partial charge is 0.225 e. The highest BCUT2D eigenvalue weighted by Gasteiger charge is 2.18. The number of rotatable bonds is 7. The molecule has 0 unspecified atom stereocenters. The van der Waals surface area contributed by atoms with Gasteiger partial charge < -0.3 is 15.1 Å². The molecule has 2 aromatic rings. The van der Waals surface area contributed by atoms with E-state index in [1.165, 1.54) is 5.56 Å². The number of aliphatic imine (C=N–C) groups is 1. The number of halogens is 2.